The molecule has 2 amide bonds. The molecule has 0 saturated heterocycles. The van der Waals surface area contributed by atoms with Gasteiger partial charge in [-0.25, -0.2) is 14.8 Å². The van der Waals surface area contributed by atoms with E-state index in [0.717, 1.165) is 0 Å². The number of carboxylic acids is 1. The van der Waals surface area contributed by atoms with Gasteiger partial charge in [0.05, 0.1) is 28.5 Å². The number of rotatable bonds is 12. The summed E-state index contributed by atoms with van der Waals surface area (Å²) < 4.78 is 12.8. The van der Waals surface area contributed by atoms with E-state index >= 15 is 0 Å². The predicted molar refractivity (Wildman–Crippen MR) is 142 cm³/mol. The Morgan fingerprint density at radius 2 is 1.77 bits per heavy atom. The third-order valence-electron chi connectivity index (χ3n) is 6.42. The fraction of sp³-hybridized carbons (Fsp3) is 0.320. The van der Waals surface area contributed by atoms with E-state index < -0.39 is 31.4 Å². The zero-order valence-electron chi connectivity index (χ0n) is 21.1. The van der Waals surface area contributed by atoms with Crippen molar-refractivity contribution in [3.05, 3.63) is 59.2 Å². The van der Waals surface area contributed by atoms with Crippen molar-refractivity contribution in [1.29, 1.82) is 0 Å². The molecule has 206 valence electrons. The van der Waals surface area contributed by atoms with Crippen LogP contribution in [0.1, 0.15) is 58.0 Å². The molecule has 14 heteroatoms. The van der Waals surface area contributed by atoms with Crippen molar-refractivity contribution in [2.45, 2.75) is 38.1 Å². The average molecular weight is 557 g/mol. The Morgan fingerprint density at radius 3 is 2.46 bits per heavy atom. The Balaban J connectivity index is 1.45. The molecular formula is C25H29N6O7P. The maximum absolute atomic E-state index is 12.9. The average Bonchev–Trinajstić information content (AvgIpc) is 3.41. The minimum absolute atomic E-state index is 0.138. The van der Waals surface area contributed by atoms with Crippen LogP contribution in [0.2, 0.25) is 0 Å². The number of carbonyl (C=O) groups is 3. The number of benzene rings is 2. The number of primary amides is 1. The van der Waals surface area contributed by atoms with E-state index in [4.69, 9.17) is 15.5 Å². The lowest BCUT2D eigenvalue weighted by Crippen LogP contribution is -2.40. The number of fused-ring (bicyclic) bond motifs is 2. The van der Waals surface area contributed by atoms with E-state index in [2.05, 4.69) is 20.3 Å². The van der Waals surface area contributed by atoms with Crippen molar-refractivity contribution in [3.8, 4) is 0 Å². The van der Waals surface area contributed by atoms with E-state index in [9.17, 15) is 24.1 Å². The number of hydrogen-bond acceptors (Lipinski definition) is 6. The number of nitrogens with one attached hydrogen (secondary N) is 2. The lowest BCUT2D eigenvalue weighted by Gasteiger charge is -2.14. The van der Waals surface area contributed by atoms with Crippen molar-refractivity contribution in [3.63, 3.8) is 0 Å². The van der Waals surface area contributed by atoms with Crippen molar-refractivity contribution in [2.75, 3.05) is 6.16 Å². The van der Waals surface area contributed by atoms with Gasteiger partial charge in [-0.15, -0.1) is 0 Å². The number of nitrogens with two attached hydrogens (primary N) is 1. The topological polar surface area (TPSA) is 214 Å². The Morgan fingerprint density at radius 1 is 1.05 bits per heavy atom. The Kier molecular flexibility index (Phi) is 8.14. The molecule has 13 nitrogen and oxygen atoms in total. The molecule has 0 spiro atoms. The van der Waals surface area contributed by atoms with Gasteiger partial charge >= 0.3 is 13.6 Å². The molecule has 2 aromatic heterocycles. The van der Waals surface area contributed by atoms with Gasteiger partial charge < -0.3 is 35.5 Å². The highest BCUT2D eigenvalue weighted by molar-refractivity contribution is 7.51. The Labute approximate surface area is 222 Å². The zero-order chi connectivity index (χ0) is 28.3. The molecule has 1 atom stereocenters. The summed E-state index contributed by atoms with van der Waals surface area (Å²) in [5.74, 6) is -0.958. The van der Waals surface area contributed by atoms with Gasteiger partial charge in [0.15, 0.2) is 0 Å². The molecule has 7 N–H and O–H groups in total. The van der Waals surface area contributed by atoms with Gasteiger partial charge in [-0.1, -0.05) is 12.8 Å². The standard InChI is InChI=1S/C25H29N6O7P/c1-31-20-12-15(24(33)30-18(25(34)35)5-3-2-4-10-39(36,37)38)7-9-17(20)29-22(31)13-21-27-16-8-6-14(23(26)32)11-19(16)28-21/h6-9,11-12,18H,2-5,10,13H2,1H3,(H2,26,32)(H,27,28)(H,30,33)(H,34,35)(H2,36,37,38)/t18-/m0/s1. The quantitative estimate of drug-likeness (QED) is 0.111. The SMILES string of the molecule is Cn1c(Cc2nc3ccc(C(N)=O)cc3[nH]2)nc2ccc(C(=O)N[C@@H](CCCCCP(=O)(O)O)C(=O)O)cc21. The van der Waals surface area contributed by atoms with E-state index in [1.807, 2.05) is 4.57 Å². The van der Waals surface area contributed by atoms with Crippen molar-refractivity contribution < 1.29 is 33.8 Å². The highest BCUT2D eigenvalue weighted by Crippen LogP contribution is 2.35. The fourth-order valence-corrected chi connectivity index (χ4v) is 4.97. The van der Waals surface area contributed by atoms with Crippen LogP contribution in [-0.4, -0.2) is 64.4 Å². The molecule has 4 aromatic rings. The molecule has 0 bridgehead atoms. The third kappa shape index (κ3) is 6.88. The van der Waals surface area contributed by atoms with Crippen molar-refractivity contribution in [1.82, 2.24) is 24.8 Å². The van der Waals surface area contributed by atoms with Crippen LogP contribution in [0.4, 0.5) is 0 Å². The molecule has 0 aliphatic carbocycles. The first kappa shape index (κ1) is 28.0. The summed E-state index contributed by atoms with van der Waals surface area (Å²) >= 11 is 0. The lowest BCUT2D eigenvalue weighted by molar-refractivity contribution is -0.139. The summed E-state index contributed by atoms with van der Waals surface area (Å²) in [5.41, 5.74) is 8.67. The third-order valence-corrected chi connectivity index (χ3v) is 7.32. The van der Waals surface area contributed by atoms with Crippen molar-refractivity contribution >= 4 is 47.4 Å². The van der Waals surface area contributed by atoms with Gasteiger partial charge in [0.1, 0.15) is 17.7 Å². The van der Waals surface area contributed by atoms with E-state index in [1.54, 1.807) is 43.4 Å². The number of carboxylic acid groups (broad SMARTS) is 1. The van der Waals surface area contributed by atoms with Gasteiger partial charge in [0, 0.05) is 24.3 Å². The van der Waals surface area contributed by atoms with Crippen LogP contribution in [0.3, 0.4) is 0 Å². The highest BCUT2D eigenvalue weighted by atomic mass is 31.2. The molecule has 0 aliphatic heterocycles. The number of aryl methyl sites for hydroxylation is 1. The minimum Gasteiger partial charge on any atom is -0.480 e. The summed E-state index contributed by atoms with van der Waals surface area (Å²) in [6.07, 6.45) is 1.34. The smallest absolute Gasteiger partial charge is 0.326 e. The minimum atomic E-state index is -4.08. The number of nitrogens with zero attached hydrogens (tertiary/aromatic N) is 3. The number of hydrogen-bond donors (Lipinski definition) is 6. The predicted octanol–water partition coefficient (Wildman–Crippen LogP) is 2.06. The number of aromatic nitrogens is 4. The largest absolute Gasteiger partial charge is 0.480 e. The van der Waals surface area contributed by atoms with Crippen LogP contribution in [0, 0.1) is 0 Å². The van der Waals surface area contributed by atoms with Crippen LogP contribution < -0.4 is 11.1 Å². The molecule has 0 saturated carbocycles. The highest BCUT2D eigenvalue weighted by Gasteiger charge is 2.22. The number of aromatic amines is 1. The number of amides is 2. The van der Waals surface area contributed by atoms with E-state index in [1.165, 1.54) is 0 Å². The Hall–Kier alpha value is -4.06. The van der Waals surface area contributed by atoms with Crippen LogP contribution >= 0.6 is 7.60 Å². The maximum Gasteiger partial charge on any atom is 0.326 e. The second-order valence-electron chi connectivity index (χ2n) is 9.35. The number of imidazole rings is 2. The zero-order valence-corrected chi connectivity index (χ0v) is 22.0. The van der Waals surface area contributed by atoms with Gasteiger partial charge in [-0.3, -0.25) is 14.2 Å². The molecule has 0 unspecified atom stereocenters. The maximum atomic E-state index is 12.9. The second kappa shape index (κ2) is 11.4. The van der Waals surface area contributed by atoms with Gasteiger partial charge in [-0.2, -0.15) is 0 Å². The first-order valence-corrected chi connectivity index (χ1v) is 14.0. The molecule has 2 heterocycles. The number of aliphatic carboxylic acids is 1. The molecule has 4 rings (SSSR count). The molecular weight excluding hydrogens is 527 g/mol. The first-order valence-electron chi connectivity index (χ1n) is 12.2. The van der Waals surface area contributed by atoms with Gasteiger partial charge in [0.25, 0.3) is 5.91 Å². The fourth-order valence-electron chi connectivity index (χ4n) is 4.33. The van der Waals surface area contributed by atoms with Crippen molar-refractivity contribution in [2.24, 2.45) is 12.8 Å². The lowest BCUT2D eigenvalue weighted by atomic mass is 10.1. The monoisotopic (exact) mass is 556 g/mol. The van der Waals surface area contributed by atoms with Crippen LogP contribution in [-0.2, 0) is 22.8 Å². The molecule has 39 heavy (non-hydrogen) atoms. The van der Waals surface area contributed by atoms with Crippen LogP contribution in [0.5, 0.6) is 0 Å². The van der Waals surface area contributed by atoms with Gasteiger partial charge in [0.2, 0.25) is 5.91 Å². The molecule has 0 aliphatic rings. The molecule has 0 radical (unpaired) electrons. The van der Waals surface area contributed by atoms with Crippen LogP contribution in [0.15, 0.2) is 36.4 Å². The number of H-pyrrole nitrogens is 1. The first-order chi connectivity index (χ1) is 18.4. The second-order valence-corrected chi connectivity index (χ2v) is 11.1. The Bertz CT molecular complexity index is 1610. The van der Waals surface area contributed by atoms with Gasteiger partial charge in [-0.05, 0) is 49.2 Å². The summed E-state index contributed by atoms with van der Waals surface area (Å²) in [5, 5.41) is 12.1. The van der Waals surface area contributed by atoms with Crippen LogP contribution in [0.25, 0.3) is 22.1 Å². The van der Waals surface area contributed by atoms with E-state index in [-0.39, 0.29) is 24.6 Å². The normalized spacial score (nSPS) is 12.6. The summed E-state index contributed by atoms with van der Waals surface area (Å²) in [4.78, 5) is 66.2. The molecule has 0 fully saturated rings. The number of carbonyl (C=O) groups excluding carboxylic acids is 2. The summed E-state index contributed by atoms with van der Waals surface area (Å²) in [6, 6.07) is 8.72. The summed E-state index contributed by atoms with van der Waals surface area (Å²) in [7, 11) is -2.28. The summed E-state index contributed by atoms with van der Waals surface area (Å²) in [6.45, 7) is 0. The molecule has 2 aromatic carbocycles. The number of unbranched alkanes of at least 4 members (excludes halogenated alkanes) is 2. The van der Waals surface area contributed by atoms with E-state index in [0.29, 0.717) is 58.5 Å².